The highest BCUT2D eigenvalue weighted by Gasteiger charge is 2.21. The van der Waals surface area contributed by atoms with Crippen LogP contribution in [0.2, 0.25) is 0 Å². The summed E-state index contributed by atoms with van der Waals surface area (Å²) in [7, 11) is 0. The summed E-state index contributed by atoms with van der Waals surface area (Å²) in [4.78, 5) is 13.5. The molecule has 18 heavy (non-hydrogen) atoms. The standard InChI is InChI=1S/C15H18O2S/c1-11-7-9-13(10-8-11)18-15-6-4-3-5-14(15)17-12(2)16/h6-10,14H,3-5H2,1-2H3/t14-/m0/s1. The molecule has 0 heterocycles. The number of benzene rings is 1. The Labute approximate surface area is 112 Å². The second kappa shape index (κ2) is 6.10. The van der Waals surface area contributed by atoms with Crippen LogP contribution in [-0.2, 0) is 9.53 Å². The molecule has 2 rings (SSSR count). The number of carbonyl (C=O) groups is 1. The van der Waals surface area contributed by atoms with E-state index in [1.54, 1.807) is 11.8 Å². The monoisotopic (exact) mass is 262 g/mol. The van der Waals surface area contributed by atoms with E-state index >= 15 is 0 Å². The molecule has 0 N–H and O–H groups in total. The van der Waals surface area contributed by atoms with Crippen LogP contribution in [0.4, 0.5) is 0 Å². The van der Waals surface area contributed by atoms with Gasteiger partial charge in [0.2, 0.25) is 0 Å². The van der Waals surface area contributed by atoms with Gasteiger partial charge in [0.1, 0.15) is 6.10 Å². The molecule has 0 unspecified atom stereocenters. The third-order valence-corrected chi connectivity index (χ3v) is 4.07. The minimum absolute atomic E-state index is 0.0532. The van der Waals surface area contributed by atoms with Gasteiger partial charge in [-0.3, -0.25) is 4.79 Å². The quantitative estimate of drug-likeness (QED) is 0.768. The van der Waals surface area contributed by atoms with Crippen LogP contribution in [0.25, 0.3) is 0 Å². The molecule has 0 spiro atoms. The van der Waals surface area contributed by atoms with Crippen LogP contribution < -0.4 is 0 Å². The molecular weight excluding hydrogens is 244 g/mol. The minimum Gasteiger partial charge on any atom is -0.457 e. The molecule has 0 aliphatic heterocycles. The Morgan fingerprint density at radius 2 is 2.06 bits per heavy atom. The summed E-state index contributed by atoms with van der Waals surface area (Å²) in [6.07, 6.45) is 5.25. The van der Waals surface area contributed by atoms with Crippen LogP contribution in [0.1, 0.15) is 31.7 Å². The number of aryl methyl sites for hydroxylation is 1. The van der Waals surface area contributed by atoms with Gasteiger partial charge in [0.05, 0.1) is 0 Å². The molecule has 1 atom stereocenters. The summed E-state index contributed by atoms with van der Waals surface area (Å²) in [6, 6.07) is 8.43. The van der Waals surface area contributed by atoms with Crippen molar-refractivity contribution in [1.29, 1.82) is 0 Å². The lowest BCUT2D eigenvalue weighted by molar-refractivity contribution is -0.144. The molecule has 1 aromatic carbocycles. The zero-order valence-electron chi connectivity index (χ0n) is 10.8. The molecule has 2 nitrogen and oxygen atoms in total. The highest BCUT2D eigenvalue weighted by atomic mass is 32.2. The fourth-order valence-electron chi connectivity index (χ4n) is 1.99. The van der Waals surface area contributed by atoms with Crippen molar-refractivity contribution in [2.45, 2.75) is 44.1 Å². The van der Waals surface area contributed by atoms with E-state index in [0.717, 1.165) is 19.3 Å². The Morgan fingerprint density at radius 3 is 2.72 bits per heavy atom. The first-order valence-corrected chi connectivity index (χ1v) is 7.08. The van der Waals surface area contributed by atoms with E-state index in [-0.39, 0.29) is 12.1 Å². The maximum Gasteiger partial charge on any atom is 0.303 e. The van der Waals surface area contributed by atoms with Crippen molar-refractivity contribution in [2.75, 3.05) is 0 Å². The van der Waals surface area contributed by atoms with Crippen molar-refractivity contribution < 1.29 is 9.53 Å². The number of carbonyl (C=O) groups excluding carboxylic acids is 1. The predicted molar refractivity (Wildman–Crippen MR) is 74.5 cm³/mol. The Hall–Kier alpha value is -1.22. The normalized spacial score (nSPS) is 19.2. The summed E-state index contributed by atoms with van der Waals surface area (Å²) in [6.45, 7) is 3.55. The third-order valence-electron chi connectivity index (χ3n) is 2.90. The maximum atomic E-state index is 11.1. The largest absolute Gasteiger partial charge is 0.457 e. The van der Waals surface area contributed by atoms with Crippen molar-refractivity contribution in [2.24, 2.45) is 0 Å². The van der Waals surface area contributed by atoms with Gasteiger partial charge in [-0.05, 0) is 38.3 Å². The number of thioether (sulfide) groups is 1. The van der Waals surface area contributed by atoms with E-state index in [2.05, 4.69) is 37.3 Å². The van der Waals surface area contributed by atoms with E-state index in [0.29, 0.717) is 0 Å². The van der Waals surface area contributed by atoms with Gasteiger partial charge in [0, 0.05) is 16.7 Å². The van der Waals surface area contributed by atoms with Crippen molar-refractivity contribution in [1.82, 2.24) is 0 Å². The van der Waals surface area contributed by atoms with Crippen LogP contribution in [0, 0.1) is 6.92 Å². The number of ether oxygens (including phenoxy) is 1. The average Bonchev–Trinajstić information content (AvgIpc) is 2.34. The van der Waals surface area contributed by atoms with Gasteiger partial charge in [-0.25, -0.2) is 0 Å². The summed E-state index contributed by atoms with van der Waals surface area (Å²) in [5.74, 6) is -0.197. The molecule has 0 saturated carbocycles. The summed E-state index contributed by atoms with van der Waals surface area (Å²) in [5, 5.41) is 0. The first-order chi connectivity index (χ1) is 8.65. The third kappa shape index (κ3) is 3.64. The SMILES string of the molecule is CC(=O)O[C@H]1CCCC=C1Sc1ccc(C)cc1. The smallest absolute Gasteiger partial charge is 0.303 e. The lowest BCUT2D eigenvalue weighted by Crippen LogP contribution is -2.19. The molecule has 0 saturated heterocycles. The number of rotatable bonds is 3. The van der Waals surface area contributed by atoms with Gasteiger partial charge < -0.3 is 4.74 Å². The van der Waals surface area contributed by atoms with Gasteiger partial charge in [0.15, 0.2) is 0 Å². The van der Waals surface area contributed by atoms with Gasteiger partial charge in [-0.2, -0.15) is 0 Å². The van der Waals surface area contributed by atoms with E-state index in [4.69, 9.17) is 4.74 Å². The van der Waals surface area contributed by atoms with Crippen LogP contribution in [0.3, 0.4) is 0 Å². The Kier molecular flexibility index (Phi) is 4.48. The second-order valence-electron chi connectivity index (χ2n) is 4.55. The van der Waals surface area contributed by atoms with Crippen LogP contribution >= 0.6 is 11.8 Å². The minimum atomic E-state index is -0.197. The summed E-state index contributed by atoms with van der Waals surface area (Å²) < 4.78 is 5.37. The average molecular weight is 262 g/mol. The topological polar surface area (TPSA) is 26.3 Å². The Bertz CT molecular complexity index is 448. The van der Waals surface area contributed by atoms with E-state index < -0.39 is 0 Å². The van der Waals surface area contributed by atoms with Crippen LogP contribution in [0.15, 0.2) is 40.1 Å². The number of allylic oxidation sites excluding steroid dienone is 1. The number of hydrogen-bond acceptors (Lipinski definition) is 3. The van der Waals surface area contributed by atoms with Gasteiger partial charge in [-0.1, -0.05) is 35.5 Å². The first kappa shape index (κ1) is 13.2. The highest BCUT2D eigenvalue weighted by molar-refractivity contribution is 8.03. The summed E-state index contributed by atoms with van der Waals surface area (Å²) >= 11 is 1.71. The van der Waals surface area contributed by atoms with Gasteiger partial charge >= 0.3 is 5.97 Å². The predicted octanol–water partition coefficient (Wildman–Crippen LogP) is 4.09. The zero-order valence-corrected chi connectivity index (χ0v) is 11.6. The van der Waals surface area contributed by atoms with Crippen LogP contribution in [-0.4, -0.2) is 12.1 Å². The van der Waals surface area contributed by atoms with Crippen LogP contribution in [0.5, 0.6) is 0 Å². The highest BCUT2D eigenvalue weighted by Crippen LogP contribution is 2.35. The van der Waals surface area contributed by atoms with Crippen molar-refractivity contribution in [3.05, 3.63) is 40.8 Å². The lowest BCUT2D eigenvalue weighted by atomic mass is 10.1. The molecule has 1 aromatic rings. The van der Waals surface area contributed by atoms with E-state index in [9.17, 15) is 4.79 Å². The molecule has 0 bridgehead atoms. The molecule has 96 valence electrons. The fourth-order valence-corrected chi connectivity index (χ4v) is 3.03. The van der Waals surface area contributed by atoms with Gasteiger partial charge in [-0.15, -0.1) is 0 Å². The van der Waals surface area contributed by atoms with Gasteiger partial charge in [0.25, 0.3) is 0 Å². The maximum absolute atomic E-state index is 11.1. The van der Waals surface area contributed by atoms with Crippen molar-refractivity contribution in [3.8, 4) is 0 Å². The molecule has 0 radical (unpaired) electrons. The molecular formula is C15H18O2S. The fraction of sp³-hybridized carbons (Fsp3) is 0.400. The summed E-state index contributed by atoms with van der Waals surface area (Å²) in [5.41, 5.74) is 1.26. The second-order valence-corrected chi connectivity index (χ2v) is 5.70. The van der Waals surface area contributed by atoms with Crippen molar-refractivity contribution in [3.63, 3.8) is 0 Å². The Morgan fingerprint density at radius 1 is 1.33 bits per heavy atom. The van der Waals surface area contributed by atoms with E-state index in [1.807, 2.05) is 0 Å². The van der Waals surface area contributed by atoms with Crippen molar-refractivity contribution >= 4 is 17.7 Å². The Balaban J connectivity index is 2.07. The number of hydrogen-bond donors (Lipinski definition) is 0. The lowest BCUT2D eigenvalue weighted by Gasteiger charge is -2.23. The molecule has 3 heteroatoms. The molecule has 1 aliphatic carbocycles. The molecule has 0 aromatic heterocycles. The number of esters is 1. The molecule has 1 aliphatic rings. The first-order valence-electron chi connectivity index (χ1n) is 6.27. The molecule has 0 amide bonds. The zero-order chi connectivity index (χ0) is 13.0. The van der Waals surface area contributed by atoms with E-state index in [1.165, 1.54) is 22.3 Å². The molecule has 0 fully saturated rings.